The van der Waals surface area contributed by atoms with Gasteiger partial charge in [-0.15, -0.1) is 0 Å². The van der Waals surface area contributed by atoms with Gasteiger partial charge in [-0.3, -0.25) is 0 Å². The summed E-state index contributed by atoms with van der Waals surface area (Å²) >= 11 is 1.83. The monoisotopic (exact) mass is 301 g/mol. The van der Waals surface area contributed by atoms with Gasteiger partial charge in [0.2, 0.25) is 0 Å². The summed E-state index contributed by atoms with van der Waals surface area (Å²) in [5.74, 6) is 0. The van der Waals surface area contributed by atoms with Crippen LogP contribution in [0.15, 0.2) is 64.9 Å². The molecule has 0 spiro atoms. The molecule has 0 amide bonds. The zero-order valence-electron chi connectivity index (χ0n) is 10.5. The third-order valence-corrected chi connectivity index (χ3v) is 6.85. The van der Waals surface area contributed by atoms with E-state index in [9.17, 15) is 0 Å². The molecule has 0 unspecified atom stereocenters. The van der Waals surface area contributed by atoms with Crippen LogP contribution in [0.2, 0.25) is 0 Å². The second kappa shape index (κ2) is 5.87. The molecule has 94 valence electrons. The minimum absolute atomic E-state index is 1.31. The highest BCUT2D eigenvalue weighted by atomic mass is 32.9. The lowest BCUT2D eigenvalue weighted by atomic mass is 10.0. The summed E-state index contributed by atoms with van der Waals surface area (Å²) in [6.07, 6.45) is 2.15. The van der Waals surface area contributed by atoms with Crippen LogP contribution in [0.3, 0.4) is 0 Å². The van der Waals surface area contributed by atoms with E-state index in [4.69, 9.17) is 0 Å². The maximum atomic E-state index is 2.20. The van der Waals surface area contributed by atoms with Gasteiger partial charge in [-0.2, -0.15) is 0 Å². The van der Waals surface area contributed by atoms with Crippen LogP contribution in [0.1, 0.15) is 0 Å². The Bertz CT molecular complexity index is 657. The minimum atomic E-state index is 1.31. The van der Waals surface area contributed by atoms with Gasteiger partial charge in [0.1, 0.15) is 4.88 Å². The predicted octanol–water partition coefficient (Wildman–Crippen LogP) is 6.15. The van der Waals surface area contributed by atoms with Gasteiger partial charge in [-0.25, -0.2) is 0 Å². The Morgan fingerprint density at radius 1 is 0.842 bits per heavy atom. The van der Waals surface area contributed by atoms with E-state index in [0.29, 0.717) is 0 Å². The first-order valence-electron chi connectivity index (χ1n) is 6.01. The van der Waals surface area contributed by atoms with E-state index in [1.807, 2.05) is 32.4 Å². The Kier molecular flexibility index (Phi) is 3.97. The van der Waals surface area contributed by atoms with Gasteiger partial charge >= 0.3 is 10.3 Å². The van der Waals surface area contributed by atoms with Gasteiger partial charge in [0.15, 0.2) is 10.3 Å². The molecule has 19 heavy (non-hydrogen) atoms. The van der Waals surface area contributed by atoms with Crippen molar-refractivity contribution in [1.29, 1.82) is 0 Å². The average Bonchev–Trinajstić information content (AvgIpc) is 2.93. The van der Waals surface area contributed by atoms with Crippen molar-refractivity contribution in [3.8, 4) is 21.6 Å². The smallest absolute Gasteiger partial charge is 0.0659 e. The Morgan fingerprint density at radius 3 is 2.00 bits per heavy atom. The van der Waals surface area contributed by atoms with E-state index in [1.54, 1.807) is 0 Å². The van der Waals surface area contributed by atoms with Gasteiger partial charge in [0, 0.05) is 0 Å². The Morgan fingerprint density at radius 2 is 1.42 bits per heavy atom. The summed E-state index contributed by atoms with van der Waals surface area (Å²) in [7, 11) is 3.74. The SMILES string of the molecule is CSc1[s+]sc(-c2ccccc2)c1-c1ccccc1. The number of benzene rings is 2. The van der Waals surface area contributed by atoms with E-state index >= 15 is 0 Å². The molecule has 0 fully saturated rings. The molecule has 0 nitrogen and oxygen atoms in total. The van der Waals surface area contributed by atoms with Crippen molar-refractivity contribution in [3.63, 3.8) is 0 Å². The lowest BCUT2D eigenvalue weighted by Gasteiger charge is -2.01. The second-order valence-corrected chi connectivity index (χ2v) is 7.32. The van der Waals surface area contributed by atoms with Gasteiger partial charge in [0.25, 0.3) is 4.21 Å². The molecule has 0 bridgehead atoms. The molecule has 0 saturated carbocycles. The number of rotatable bonds is 3. The molecule has 0 N–H and O–H groups in total. The average molecular weight is 301 g/mol. The van der Waals surface area contributed by atoms with E-state index in [2.05, 4.69) is 66.9 Å². The first-order chi connectivity index (χ1) is 9.40. The summed E-state index contributed by atoms with van der Waals surface area (Å²) in [5.41, 5.74) is 4.00. The fourth-order valence-corrected chi connectivity index (χ4v) is 6.03. The van der Waals surface area contributed by atoms with E-state index < -0.39 is 0 Å². The summed E-state index contributed by atoms with van der Waals surface area (Å²) in [6, 6.07) is 21.3. The first-order valence-corrected chi connectivity index (χ1v) is 9.38. The maximum Gasteiger partial charge on any atom is 0.308 e. The van der Waals surface area contributed by atoms with Crippen molar-refractivity contribution in [1.82, 2.24) is 0 Å². The second-order valence-electron chi connectivity index (χ2n) is 4.09. The largest absolute Gasteiger partial charge is 0.308 e. The lowest BCUT2D eigenvalue weighted by Crippen LogP contribution is -1.80. The summed E-state index contributed by atoms with van der Waals surface area (Å²) < 4.78 is 1.40. The molecular formula is C16H13S3+. The molecule has 0 aliphatic heterocycles. The van der Waals surface area contributed by atoms with Crippen LogP contribution in [0, 0.1) is 0 Å². The van der Waals surface area contributed by atoms with E-state index in [1.165, 1.54) is 25.8 Å². The summed E-state index contributed by atoms with van der Waals surface area (Å²) in [5, 5.41) is 0. The zero-order chi connectivity index (χ0) is 13.1. The highest BCUT2D eigenvalue weighted by molar-refractivity contribution is 8.02. The lowest BCUT2D eigenvalue weighted by molar-refractivity contribution is 1.59. The van der Waals surface area contributed by atoms with Crippen molar-refractivity contribution in [3.05, 3.63) is 60.7 Å². The molecule has 0 aliphatic carbocycles. The van der Waals surface area contributed by atoms with Crippen LogP contribution >= 0.6 is 32.4 Å². The maximum absolute atomic E-state index is 2.20. The highest BCUT2D eigenvalue weighted by Crippen LogP contribution is 2.46. The van der Waals surface area contributed by atoms with Crippen LogP contribution in [-0.4, -0.2) is 6.26 Å². The van der Waals surface area contributed by atoms with Crippen LogP contribution in [-0.2, 0) is 0 Å². The Hall–Kier alpha value is -1.16. The predicted molar refractivity (Wildman–Crippen MR) is 89.3 cm³/mol. The highest BCUT2D eigenvalue weighted by Gasteiger charge is 2.25. The van der Waals surface area contributed by atoms with Crippen molar-refractivity contribution in [2.24, 2.45) is 0 Å². The minimum Gasteiger partial charge on any atom is -0.0659 e. The quantitative estimate of drug-likeness (QED) is 0.318. The van der Waals surface area contributed by atoms with Gasteiger partial charge < -0.3 is 0 Å². The molecule has 2 aromatic carbocycles. The van der Waals surface area contributed by atoms with Crippen molar-refractivity contribution < 1.29 is 0 Å². The molecular weight excluding hydrogens is 288 g/mol. The van der Waals surface area contributed by atoms with Crippen molar-refractivity contribution in [2.75, 3.05) is 6.26 Å². The molecule has 1 heterocycles. The van der Waals surface area contributed by atoms with E-state index in [-0.39, 0.29) is 0 Å². The third kappa shape index (κ3) is 2.59. The zero-order valence-corrected chi connectivity index (χ0v) is 12.9. The van der Waals surface area contributed by atoms with E-state index in [0.717, 1.165) is 0 Å². The number of hydrogen-bond acceptors (Lipinski definition) is 2. The van der Waals surface area contributed by atoms with Crippen LogP contribution in [0.5, 0.6) is 0 Å². The van der Waals surface area contributed by atoms with Crippen LogP contribution in [0.4, 0.5) is 0 Å². The Balaban J connectivity index is 2.20. The third-order valence-electron chi connectivity index (χ3n) is 2.92. The van der Waals surface area contributed by atoms with Gasteiger partial charge in [-0.1, -0.05) is 72.4 Å². The fraction of sp³-hybridized carbons (Fsp3) is 0.0625. The van der Waals surface area contributed by atoms with Crippen molar-refractivity contribution in [2.45, 2.75) is 4.21 Å². The normalized spacial score (nSPS) is 10.6. The summed E-state index contributed by atoms with van der Waals surface area (Å²) in [4.78, 5) is 1.38. The molecule has 3 heteroatoms. The molecule has 0 radical (unpaired) electrons. The Labute approximate surface area is 125 Å². The number of thioether (sulfide) groups is 1. The van der Waals surface area contributed by atoms with Gasteiger partial charge in [0.05, 0.1) is 5.56 Å². The summed E-state index contributed by atoms with van der Waals surface area (Å²) in [6.45, 7) is 0. The molecule has 3 rings (SSSR count). The van der Waals surface area contributed by atoms with Crippen LogP contribution in [0.25, 0.3) is 21.6 Å². The molecule has 3 aromatic rings. The van der Waals surface area contributed by atoms with Crippen molar-refractivity contribution >= 4 is 32.4 Å². The van der Waals surface area contributed by atoms with Crippen LogP contribution < -0.4 is 0 Å². The van der Waals surface area contributed by atoms with Gasteiger partial charge in [-0.05, 0) is 17.4 Å². The molecule has 1 aromatic heterocycles. The molecule has 0 saturated heterocycles. The fourth-order valence-electron chi connectivity index (χ4n) is 2.03. The molecule has 0 atom stereocenters. The topological polar surface area (TPSA) is 0 Å². The number of hydrogen-bond donors (Lipinski definition) is 0. The molecule has 0 aliphatic rings. The first kappa shape index (κ1) is 12.9. The standard InChI is InChI=1S/C16H13S3/c1-17-16-14(12-8-4-2-5-9-12)15(18-19-16)13-10-6-3-7-11-13/h2-11H,1H3/q+1.